The number of aromatic nitrogens is 3. The maximum Gasteiger partial charge on any atom is 0.269 e. The molecule has 2 aromatic heterocycles. The smallest absolute Gasteiger partial charge is 0.269 e. The van der Waals surface area contributed by atoms with Gasteiger partial charge in [-0.3, -0.25) is 14.3 Å². The lowest BCUT2D eigenvalue weighted by Gasteiger charge is -1.96. The average Bonchev–Trinajstić information content (AvgIpc) is 2.87. The van der Waals surface area contributed by atoms with Crippen LogP contribution >= 0.6 is 11.3 Å². The third-order valence-corrected chi connectivity index (χ3v) is 3.07. The van der Waals surface area contributed by atoms with Gasteiger partial charge in [-0.15, -0.1) is 11.3 Å². The van der Waals surface area contributed by atoms with Gasteiger partial charge in [-0.1, -0.05) is 0 Å². The lowest BCUT2D eigenvalue weighted by atomic mass is 10.4. The minimum atomic E-state index is -0.613. The van der Waals surface area contributed by atoms with Crippen LogP contribution in [0.2, 0.25) is 0 Å². The van der Waals surface area contributed by atoms with E-state index in [2.05, 4.69) is 16.1 Å². The topological polar surface area (TPSA) is 90.9 Å². The number of amides is 1. The molecule has 1 amide bonds. The molecule has 0 bridgehead atoms. The molecule has 0 atom stereocenters. The van der Waals surface area contributed by atoms with Gasteiger partial charge in [-0.2, -0.15) is 5.10 Å². The highest BCUT2D eigenvalue weighted by atomic mass is 32.1. The van der Waals surface area contributed by atoms with E-state index in [4.69, 9.17) is 5.73 Å². The summed E-state index contributed by atoms with van der Waals surface area (Å²) in [5, 5.41) is 4.40. The van der Waals surface area contributed by atoms with Crippen LogP contribution in [0.5, 0.6) is 0 Å². The lowest BCUT2D eigenvalue weighted by molar-refractivity contribution is 0.0991. The molecule has 0 aliphatic carbocycles. The van der Waals surface area contributed by atoms with Crippen LogP contribution in [0.25, 0.3) is 0 Å². The van der Waals surface area contributed by atoms with Crippen molar-refractivity contribution in [1.29, 1.82) is 0 Å². The number of thiazole rings is 1. The Morgan fingerprint density at radius 1 is 1.59 bits per heavy atom. The SMILES string of the molecule is CC(=O)c1ncc(Cn2c[c]c(C(N)=O)n2)s1. The number of nitrogens with two attached hydrogens (primary N) is 1. The normalized spacial score (nSPS) is 10.4. The largest absolute Gasteiger partial charge is 0.364 e. The Bertz CT molecular complexity index is 522. The highest BCUT2D eigenvalue weighted by Gasteiger charge is 2.09. The fourth-order valence-electron chi connectivity index (χ4n) is 1.23. The van der Waals surface area contributed by atoms with E-state index in [1.54, 1.807) is 6.20 Å². The van der Waals surface area contributed by atoms with Crippen LogP contribution in [0.4, 0.5) is 0 Å². The average molecular weight is 249 g/mol. The third kappa shape index (κ3) is 2.56. The molecular weight excluding hydrogens is 240 g/mol. The van der Waals surface area contributed by atoms with Gasteiger partial charge in [0.15, 0.2) is 16.5 Å². The van der Waals surface area contributed by atoms with Crippen LogP contribution < -0.4 is 5.73 Å². The van der Waals surface area contributed by atoms with Gasteiger partial charge in [0.25, 0.3) is 5.91 Å². The van der Waals surface area contributed by atoms with Crippen molar-refractivity contribution in [3.8, 4) is 0 Å². The molecule has 0 aliphatic rings. The van der Waals surface area contributed by atoms with Crippen molar-refractivity contribution >= 4 is 23.0 Å². The van der Waals surface area contributed by atoms with Crippen molar-refractivity contribution in [2.75, 3.05) is 0 Å². The Balaban J connectivity index is 2.13. The molecule has 0 aromatic carbocycles. The highest BCUT2D eigenvalue weighted by Crippen LogP contribution is 2.14. The summed E-state index contributed by atoms with van der Waals surface area (Å²) in [5.74, 6) is -0.677. The van der Waals surface area contributed by atoms with Crippen LogP contribution in [0.15, 0.2) is 12.4 Å². The number of ketones is 1. The zero-order chi connectivity index (χ0) is 12.4. The molecule has 6 nitrogen and oxygen atoms in total. The summed E-state index contributed by atoms with van der Waals surface area (Å²) in [4.78, 5) is 26.7. The lowest BCUT2D eigenvalue weighted by Crippen LogP contribution is -2.12. The Kier molecular flexibility index (Phi) is 3.01. The summed E-state index contributed by atoms with van der Waals surface area (Å²) in [6.07, 6.45) is 3.15. The number of nitrogens with zero attached hydrogens (tertiary/aromatic N) is 3. The summed E-state index contributed by atoms with van der Waals surface area (Å²) >= 11 is 1.30. The molecule has 0 aliphatic heterocycles. The number of carbonyl (C=O) groups is 2. The molecule has 0 saturated heterocycles. The maximum atomic E-state index is 11.1. The van der Waals surface area contributed by atoms with E-state index in [1.165, 1.54) is 29.1 Å². The van der Waals surface area contributed by atoms with Crippen LogP contribution in [-0.4, -0.2) is 26.5 Å². The molecule has 0 unspecified atom stereocenters. The van der Waals surface area contributed by atoms with Crippen molar-refractivity contribution < 1.29 is 9.59 Å². The van der Waals surface area contributed by atoms with E-state index in [0.717, 1.165) is 4.88 Å². The van der Waals surface area contributed by atoms with Gasteiger partial charge in [-0.05, 0) is 0 Å². The number of carbonyl (C=O) groups excluding carboxylic acids is 2. The first-order valence-electron chi connectivity index (χ1n) is 4.77. The molecular formula is C10H9N4O2S. The molecule has 1 radical (unpaired) electrons. The molecule has 2 N–H and O–H groups in total. The fourth-order valence-corrected chi connectivity index (χ4v) is 2.03. The van der Waals surface area contributed by atoms with Crippen molar-refractivity contribution in [2.24, 2.45) is 5.73 Å². The van der Waals surface area contributed by atoms with Gasteiger partial charge in [0.05, 0.1) is 6.54 Å². The number of rotatable bonds is 4. The van der Waals surface area contributed by atoms with E-state index in [0.29, 0.717) is 11.6 Å². The summed E-state index contributed by atoms with van der Waals surface area (Å²) in [6, 6.07) is 2.65. The molecule has 2 aromatic rings. The molecule has 17 heavy (non-hydrogen) atoms. The third-order valence-electron chi connectivity index (χ3n) is 1.98. The van der Waals surface area contributed by atoms with Gasteiger partial charge in [0.1, 0.15) is 0 Å². The number of hydrogen-bond donors (Lipinski definition) is 1. The molecule has 2 heterocycles. The number of primary amides is 1. The van der Waals surface area contributed by atoms with Crippen molar-refractivity contribution in [2.45, 2.75) is 13.5 Å². The first-order chi connectivity index (χ1) is 8.06. The van der Waals surface area contributed by atoms with Gasteiger partial charge in [0.2, 0.25) is 0 Å². The minimum absolute atomic E-state index is 0.0638. The van der Waals surface area contributed by atoms with Crippen molar-refractivity contribution in [1.82, 2.24) is 14.8 Å². The molecule has 0 saturated carbocycles. The van der Waals surface area contributed by atoms with E-state index in [-0.39, 0.29) is 11.5 Å². The monoisotopic (exact) mass is 249 g/mol. The van der Waals surface area contributed by atoms with Gasteiger partial charge < -0.3 is 5.73 Å². The predicted molar refractivity (Wildman–Crippen MR) is 60.8 cm³/mol. The molecule has 7 heteroatoms. The zero-order valence-corrected chi connectivity index (χ0v) is 9.82. The summed E-state index contributed by atoms with van der Waals surface area (Å²) in [7, 11) is 0. The Hall–Kier alpha value is -2.02. The molecule has 0 spiro atoms. The minimum Gasteiger partial charge on any atom is -0.364 e. The van der Waals surface area contributed by atoms with Crippen molar-refractivity contribution in [3.63, 3.8) is 0 Å². The molecule has 2 rings (SSSR count). The first kappa shape index (κ1) is 11.5. The highest BCUT2D eigenvalue weighted by molar-refractivity contribution is 7.13. The molecule has 0 fully saturated rings. The quantitative estimate of drug-likeness (QED) is 0.798. The second kappa shape index (κ2) is 4.46. The Labute approximate surface area is 101 Å². The van der Waals surface area contributed by atoms with Crippen LogP contribution in [0, 0.1) is 6.07 Å². The van der Waals surface area contributed by atoms with E-state index >= 15 is 0 Å². The van der Waals surface area contributed by atoms with Crippen LogP contribution in [0.3, 0.4) is 0 Å². The Morgan fingerprint density at radius 3 is 2.88 bits per heavy atom. The van der Waals surface area contributed by atoms with E-state index < -0.39 is 5.91 Å². The number of hydrogen-bond acceptors (Lipinski definition) is 5. The van der Waals surface area contributed by atoms with Gasteiger partial charge >= 0.3 is 0 Å². The maximum absolute atomic E-state index is 11.1. The van der Waals surface area contributed by atoms with Gasteiger partial charge in [-0.25, -0.2) is 4.98 Å². The van der Waals surface area contributed by atoms with Crippen molar-refractivity contribution in [3.05, 3.63) is 34.0 Å². The van der Waals surface area contributed by atoms with Gasteiger partial charge in [0, 0.05) is 30.3 Å². The second-order valence-electron chi connectivity index (χ2n) is 3.37. The fraction of sp³-hybridized carbons (Fsp3) is 0.200. The second-order valence-corrected chi connectivity index (χ2v) is 4.49. The predicted octanol–water partition coefficient (Wildman–Crippen LogP) is 0.490. The Morgan fingerprint density at radius 2 is 2.35 bits per heavy atom. The van der Waals surface area contributed by atoms with E-state index in [1.807, 2.05) is 0 Å². The molecule has 87 valence electrons. The van der Waals surface area contributed by atoms with E-state index in [9.17, 15) is 9.59 Å². The summed E-state index contributed by atoms with van der Waals surface area (Å²) in [5.41, 5.74) is 5.16. The van der Waals surface area contributed by atoms with Crippen LogP contribution in [-0.2, 0) is 6.54 Å². The first-order valence-corrected chi connectivity index (χ1v) is 5.58. The number of Topliss-reactive ketones (excluding diaryl/α,β-unsaturated/α-hetero) is 1. The van der Waals surface area contributed by atoms with Crippen LogP contribution in [0.1, 0.15) is 32.1 Å². The zero-order valence-electron chi connectivity index (χ0n) is 9.01. The standard InChI is InChI=1S/C10H9N4O2S/c1-6(15)10-12-4-7(17-10)5-14-3-2-8(13-14)9(11)16/h3-4H,5H2,1H3,(H2,11,16). The summed E-state index contributed by atoms with van der Waals surface area (Å²) < 4.78 is 1.53. The summed E-state index contributed by atoms with van der Waals surface area (Å²) in [6.45, 7) is 1.91.